The topological polar surface area (TPSA) is 117 Å². The normalized spacial score (nSPS) is 21.2. The summed E-state index contributed by atoms with van der Waals surface area (Å²) in [6.07, 6.45) is 2.64. The highest BCUT2D eigenvalue weighted by Gasteiger charge is 2.38. The number of rotatable bonds is 9. The molecule has 0 aromatic carbocycles. The third-order valence-electron chi connectivity index (χ3n) is 5.55. The maximum absolute atomic E-state index is 12.9. The van der Waals surface area contributed by atoms with Gasteiger partial charge in [-0.05, 0) is 57.3 Å². The summed E-state index contributed by atoms with van der Waals surface area (Å²) < 4.78 is 5.30. The lowest BCUT2D eigenvalue weighted by molar-refractivity contribution is -0.132. The number of carbonyl (C=O) groups is 3. The Balaban J connectivity index is 2.69. The SMILES string of the molecule is CCCCNC(=O)C(O)[C@H]1CCC[C@H]1CNC(=O)[C@@H](NC(=O)OC(C)(C)C)C(C)(C)C. The number of hydrogen-bond acceptors (Lipinski definition) is 5. The molecule has 31 heavy (non-hydrogen) atoms. The molecule has 0 aromatic heterocycles. The highest BCUT2D eigenvalue weighted by Crippen LogP contribution is 2.34. The average Bonchev–Trinajstić information content (AvgIpc) is 3.09. The molecule has 8 heteroatoms. The fourth-order valence-corrected chi connectivity index (χ4v) is 3.86. The molecule has 0 aromatic rings. The van der Waals surface area contributed by atoms with Gasteiger partial charge in [-0.15, -0.1) is 0 Å². The lowest BCUT2D eigenvalue weighted by Crippen LogP contribution is -2.55. The zero-order valence-corrected chi connectivity index (χ0v) is 20.3. The minimum absolute atomic E-state index is 0.0121. The summed E-state index contributed by atoms with van der Waals surface area (Å²) in [5.41, 5.74) is -1.18. The first-order valence-corrected chi connectivity index (χ1v) is 11.5. The van der Waals surface area contributed by atoms with E-state index in [1.54, 1.807) is 20.8 Å². The Hall–Kier alpha value is -1.83. The van der Waals surface area contributed by atoms with Gasteiger partial charge in [0.2, 0.25) is 11.8 Å². The van der Waals surface area contributed by atoms with Crippen LogP contribution in [0, 0.1) is 17.3 Å². The Morgan fingerprint density at radius 3 is 2.23 bits per heavy atom. The van der Waals surface area contributed by atoms with E-state index in [1.807, 2.05) is 27.7 Å². The Labute approximate surface area is 187 Å². The second-order valence-electron chi connectivity index (χ2n) is 10.6. The smallest absolute Gasteiger partial charge is 0.408 e. The molecule has 1 aliphatic carbocycles. The van der Waals surface area contributed by atoms with E-state index in [4.69, 9.17) is 4.74 Å². The highest BCUT2D eigenvalue weighted by atomic mass is 16.6. The van der Waals surface area contributed by atoms with Crippen molar-refractivity contribution < 1.29 is 24.2 Å². The number of aliphatic hydroxyl groups excluding tert-OH is 1. The van der Waals surface area contributed by atoms with Crippen molar-refractivity contribution in [3.63, 3.8) is 0 Å². The van der Waals surface area contributed by atoms with Crippen molar-refractivity contribution in [2.45, 2.75) is 98.3 Å². The van der Waals surface area contributed by atoms with Gasteiger partial charge in [-0.25, -0.2) is 4.79 Å². The van der Waals surface area contributed by atoms with E-state index < -0.39 is 29.3 Å². The zero-order chi connectivity index (χ0) is 23.8. The van der Waals surface area contributed by atoms with E-state index in [0.29, 0.717) is 13.1 Å². The predicted octanol–water partition coefficient (Wildman–Crippen LogP) is 2.74. The van der Waals surface area contributed by atoms with Crippen molar-refractivity contribution in [1.82, 2.24) is 16.0 Å². The van der Waals surface area contributed by atoms with Crippen LogP contribution in [0.2, 0.25) is 0 Å². The van der Waals surface area contributed by atoms with E-state index in [1.165, 1.54) is 0 Å². The van der Waals surface area contributed by atoms with Crippen LogP contribution in [0.5, 0.6) is 0 Å². The molecule has 4 N–H and O–H groups in total. The van der Waals surface area contributed by atoms with E-state index >= 15 is 0 Å². The first kappa shape index (κ1) is 27.2. The molecule has 1 unspecified atom stereocenters. The molecular weight excluding hydrogens is 398 g/mol. The summed E-state index contributed by atoms with van der Waals surface area (Å²) in [7, 11) is 0. The van der Waals surface area contributed by atoms with E-state index in [0.717, 1.165) is 32.1 Å². The summed E-state index contributed by atoms with van der Waals surface area (Å²) in [6.45, 7) is 13.9. The van der Waals surface area contributed by atoms with Gasteiger partial charge in [0.25, 0.3) is 0 Å². The second kappa shape index (κ2) is 11.7. The number of unbranched alkanes of at least 4 members (excludes halogenated alkanes) is 1. The van der Waals surface area contributed by atoms with Crippen LogP contribution in [0.1, 0.15) is 80.6 Å². The molecule has 1 saturated carbocycles. The number of nitrogens with one attached hydrogen (secondary N) is 3. The fourth-order valence-electron chi connectivity index (χ4n) is 3.86. The minimum Gasteiger partial charge on any atom is -0.444 e. The molecule has 0 radical (unpaired) electrons. The van der Waals surface area contributed by atoms with Crippen LogP contribution in [0.3, 0.4) is 0 Å². The first-order valence-electron chi connectivity index (χ1n) is 11.5. The fraction of sp³-hybridized carbons (Fsp3) is 0.870. The van der Waals surface area contributed by atoms with E-state index in [2.05, 4.69) is 16.0 Å². The molecule has 1 rings (SSSR count). The zero-order valence-electron chi connectivity index (χ0n) is 20.3. The number of carbonyl (C=O) groups excluding carboxylic acids is 3. The Kier molecular flexibility index (Phi) is 10.3. The maximum atomic E-state index is 12.9. The van der Waals surface area contributed by atoms with Crippen LogP contribution in [0.15, 0.2) is 0 Å². The van der Waals surface area contributed by atoms with Gasteiger partial charge >= 0.3 is 6.09 Å². The molecule has 0 spiro atoms. The lowest BCUT2D eigenvalue weighted by Gasteiger charge is -2.32. The van der Waals surface area contributed by atoms with Crippen LogP contribution in [0.4, 0.5) is 4.79 Å². The summed E-state index contributed by atoms with van der Waals surface area (Å²) in [6, 6.07) is -0.774. The Morgan fingerprint density at radius 1 is 1.03 bits per heavy atom. The number of amides is 3. The van der Waals surface area contributed by atoms with Crippen LogP contribution in [0.25, 0.3) is 0 Å². The predicted molar refractivity (Wildman–Crippen MR) is 120 cm³/mol. The molecule has 1 fully saturated rings. The van der Waals surface area contributed by atoms with Gasteiger partial charge in [0.1, 0.15) is 17.7 Å². The monoisotopic (exact) mass is 441 g/mol. The molecule has 0 saturated heterocycles. The Bertz CT molecular complexity index is 609. The molecule has 1 aliphatic rings. The van der Waals surface area contributed by atoms with E-state index in [-0.39, 0.29) is 23.7 Å². The molecule has 180 valence electrons. The van der Waals surface area contributed by atoms with Gasteiger partial charge in [-0.3, -0.25) is 9.59 Å². The average molecular weight is 442 g/mol. The molecule has 0 heterocycles. The third kappa shape index (κ3) is 9.46. The quantitative estimate of drug-likeness (QED) is 0.411. The van der Waals surface area contributed by atoms with Crippen molar-refractivity contribution in [1.29, 1.82) is 0 Å². The van der Waals surface area contributed by atoms with Gasteiger partial charge in [-0.1, -0.05) is 40.5 Å². The molecule has 0 bridgehead atoms. The Morgan fingerprint density at radius 2 is 1.68 bits per heavy atom. The number of hydrogen-bond donors (Lipinski definition) is 4. The molecule has 3 amide bonds. The first-order chi connectivity index (χ1) is 14.3. The van der Waals surface area contributed by atoms with Gasteiger partial charge in [0, 0.05) is 13.1 Å². The standard InChI is InChI=1S/C23H43N3O5/c1-8-9-13-24-19(28)17(27)16-12-10-11-15(16)14-25-20(29)18(22(2,3)4)26-21(30)31-23(5,6)7/h15-18,27H,8-14H2,1-7H3,(H,24,28)(H,25,29)(H,26,30)/t15-,16-,17?,18+/m0/s1. The largest absolute Gasteiger partial charge is 0.444 e. The van der Waals surface area contributed by atoms with Gasteiger partial charge in [0.15, 0.2) is 0 Å². The van der Waals surface area contributed by atoms with Crippen LogP contribution >= 0.6 is 0 Å². The van der Waals surface area contributed by atoms with Crippen LogP contribution < -0.4 is 16.0 Å². The van der Waals surface area contributed by atoms with Crippen LogP contribution in [-0.4, -0.2) is 53.9 Å². The summed E-state index contributed by atoms with van der Waals surface area (Å²) in [5.74, 6) is -0.811. The summed E-state index contributed by atoms with van der Waals surface area (Å²) in [5, 5.41) is 18.9. The highest BCUT2D eigenvalue weighted by molar-refractivity contribution is 5.86. The van der Waals surface area contributed by atoms with Gasteiger partial charge < -0.3 is 25.8 Å². The lowest BCUT2D eigenvalue weighted by atomic mass is 9.85. The summed E-state index contributed by atoms with van der Waals surface area (Å²) >= 11 is 0. The second-order valence-corrected chi connectivity index (χ2v) is 10.6. The molecule has 4 atom stereocenters. The minimum atomic E-state index is -1.07. The summed E-state index contributed by atoms with van der Waals surface area (Å²) in [4.78, 5) is 37.4. The third-order valence-corrected chi connectivity index (χ3v) is 5.55. The van der Waals surface area contributed by atoms with Crippen molar-refractivity contribution >= 4 is 17.9 Å². The maximum Gasteiger partial charge on any atom is 0.408 e. The van der Waals surface area contributed by atoms with E-state index in [9.17, 15) is 19.5 Å². The molecule has 8 nitrogen and oxygen atoms in total. The molecule has 0 aliphatic heterocycles. The molecular formula is C23H43N3O5. The van der Waals surface area contributed by atoms with Crippen molar-refractivity contribution in [2.75, 3.05) is 13.1 Å². The van der Waals surface area contributed by atoms with Crippen molar-refractivity contribution in [2.24, 2.45) is 17.3 Å². The van der Waals surface area contributed by atoms with Crippen molar-refractivity contribution in [3.8, 4) is 0 Å². The number of ether oxygens (including phenoxy) is 1. The number of aliphatic hydroxyl groups is 1. The van der Waals surface area contributed by atoms with Crippen molar-refractivity contribution in [3.05, 3.63) is 0 Å². The van der Waals surface area contributed by atoms with Gasteiger partial charge in [-0.2, -0.15) is 0 Å². The van der Waals surface area contributed by atoms with Gasteiger partial charge in [0.05, 0.1) is 0 Å². The van der Waals surface area contributed by atoms with Crippen LogP contribution in [-0.2, 0) is 14.3 Å². The number of alkyl carbamates (subject to hydrolysis) is 1.